The van der Waals surface area contributed by atoms with Crippen LogP contribution in [0, 0.1) is 5.92 Å². The Morgan fingerprint density at radius 1 is 1.50 bits per heavy atom. The highest BCUT2D eigenvalue weighted by atomic mass is 16.5. The van der Waals surface area contributed by atoms with Crippen LogP contribution in [0.4, 0.5) is 0 Å². The summed E-state index contributed by atoms with van der Waals surface area (Å²) in [5, 5.41) is 0. The average Bonchev–Trinajstić information content (AvgIpc) is 3.05. The number of nitrogens with zero attached hydrogens (tertiary/aromatic N) is 1. The molecule has 0 aromatic heterocycles. The lowest BCUT2D eigenvalue weighted by atomic mass is 10.1. The molecular weight excluding hydrogens is 278 g/mol. The molecule has 22 heavy (non-hydrogen) atoms. The molecule has 4 heteroatoms. The molecule has 1 amide bonds. The zero-order chi connectivity index (χ0) is 15.9. The Kier molecular flexibility index (Phi) is 6.01. The van der Waals surface area contributed by atoms with Gasteiger partial charge in [0.15, 0.2) is 0 Å². The highest BCUT2D eigenvalue weighted by Gasteiger charge is 2.20. The zero-order valence-corrected chi connectivity index (χ0v) is 13.7. The number of benzene rings is 1. The fourth-order valence-electron chi connectivity index (χ4n) is 2.64. The fraction of sp³-hybridized carbons (Fsp3) is 0.500. The molecule has 1 aliphatic rings. The molecule has 4 nitrogen and oxygen atoms in total. The first-order valence-corrected chi connectivity index (χ1v) is 7.83. The Labute approximate surface area is 132 Å². The van der Waals surface area contributed by atoms with Crippen LogP contribution in [0.25, 0.3) is 5.57 Å². The van der Waals surface area contributed by atoms with Crippen molar-refractivity contribution >= 4 is 11.5 Å². The maximum Gasteiger partial charge on any atom is 0.246 e. The summed E-state index contributed by atoms with van der Waals surface area (Å²) in [6.45, 7) is 7.05. The number of ether oxygens (including phenoxy) is 2. The molecule has 1 saturated heterocycles. The van der Waals surface area contributed by atoms with Crippen LogP contribution in [-0.2, 0) is 9.53 Å². The summed E-state index contributed by atoms with van der Waals surface area (Å²) in [6.07, 6.45) is 2.76. The number of carbonyl (C=O) groups excluding carboxylic acids is 1. The van der Waals surface area contributed by atoms with Crippen LogP contribution in [0.3, 0.4) is 0 Å². The molecule has 1 aliphatic heterocycles. The number of hydrogen-bond donors (Lipinski definition) is 0. The van der Waals surface area contributed by atoms with E-state index in [9.17, 15) is 4.79 Å². The van der Waals surface area contributed by atoms with Gasteiger partial charge in [0, 0.05) is 31.7 Å². The molecule has 0 bridgehead atoms. The van der Waals surface area contributed by atoms with E-state index in [-0.39, 0.29) is 5.91 Å². The summed E-state index contributed by atoms with van der Waals surface area (Å²) in [7, 11) is 1.64. The molecule has 1 heterocycles. The van der Waals surface area contributed by atoms with Crippen molar-refractivity contribution in [1.82, 2.24) is 4.90 Å². The summed E-state index contributed by atoms with van der Waals surface area (Å²) in [4.78, 5) is 14.4. The van der Waals surface area contributed by atoms with Crippen LogP contribution in [0.15, 0.2) is 30.3 Å². The predicted octanol–water partition coefficient (Wildman–Crippen LogP) is 2.98. The number of amides is 1. The summed E-state index contributed by atoms with van der Waals surface area (Å²) < 4.78 is 10.6. The molecule has 1 atom stereocenters. The van der Waals surface area contributed by atoms with Gasteiger partial charge in [-0.2, -0.15) is 0 Å². The lowest BCUT2D eigenvalue weighted by Crippen LogP contribution is -2.34. The lowest BCUT2D eigenvalue weighted by molar-refractivity contribution is -0.126. The summed E-state index contributed by atoms with van der Waals surface area (Å²) in [5.41, 5.74) is 1.96. The molecule has 0 N–H and O–H groups in total. The van der Waals surface area contributed by atoms with E-state index in [2.05, 4.69) is 0 Å². The third-order valence-electron chi connectivity index (χ3n) is 4.06. The number of allylic oxidation sites excluding steroid dienone is 1. The predicted molar refractivity (Wildman–Crippen MR) is 87.8 cm³/mol. The minimum absolute atomic E-state index is 0.0646. The second-order valence-corrected chi connectivity index (χ2v) is 5.67. The minimum Gasteiger partial charge on any atom is -0.497 e. The van der Waals surface area contributed by atoms with E-state index in [1.807, 2.05) is 43.0 Å². The first-order chi connectivity index (χ1) is 10.6. The van der Waals surface area contributed by atoms with Gasteiger partial charge in [0.2, 0.25) is 5.91 Å². The van der Waals surface area contributed by atoms with Gasteiger partial charge in [-0.25, -0.2) is 0 Å². The Balaban J connectivity index is 2.05. The second-order valence-electron chi connectivity index (χ2n) is 5.67. The van der Waals surface area contributed by atoms with Crippen LogP contribution >= 0.6 is 0 Å². The second kappa shape index (κ2) is 7.99. The van der Waals surface area contributed by atoms with E-state index in [4.69, 9.17) is 9.47 Å². The molecule has 0 saturated carbocycles. The Hall–Kier alpha value is -1.81. The monoisotopic (exact) mass is 303 g/mol. The number of methoxy groups -OCH3 is 1. The first kappa shape index (κ1) is 16.6. The summed E-state index contributed by atoms with van der Waals surface area (Å²) >= 11 is 0. The van der Waals surface area contributed by atoms with Crippen molar-refractivity contribution in [3.05, 3.63) is 35.9 Å². The van der Waals surface area contributed by atoms with Crippen molar-refractivity contribution in [1.29, 1.82) is 0 Å². The van der Waals surface area contributed by atoms with Crippen LogP contribution in [0.2, 0.25) is 0 Å². The molecule has 2 rings (SSSR count). The lowest BCUT2D eigenvalue weighted by Gasteiger charge is -2.22. The van der Waals surface area contributed by atoms with Crippen LogP contribution in [-0.4, -0.2) is 44.2 Å². The van der Waals surface area contributed by atoms with Crippen molar-refractivity contribution in [2.45, 2.75) is 20.3 Å². The maximum atomic E-state index is 12.5. The topological polar surface area (TPSA) is 38.8 Å². The van der Waals surface area contributed by atoms with Crippen molar-refractivity contribution in [3.8, 4) is 5.75 Å². The van der Waals surface area contributed by atoms with Crippen molar-refractivity contribution < 1.29 is 14.3 Å². The summed E-state index contributed by atoms with van der Waals surface area (Å²) in [5.74, 6) is 1.33. The van der Waals surface area contributed by atoms with Gasteiger partial charge in [0.05, 0.1) is 13.7 Å². The number of likely N-dealkylation sites (N-methyl/N-ethyl adjacent to an activating group) is 1. The quantitative estimate of drug-likeness (QED) is 0.758. The average molecular weight is 303 g/mol. The van der Waals surface area contributed by atoms with Crippen molar-refractivity contribution in [3.63, 3.8) is 0 Å². The molecule has 0 spiro atoms. The van der Waals surface area contributed by atoms with Gasteiger partial charge in [0.25, 0.3) is 0 Å². The number of carbonyl (C=O) groups is 1. The van der Waals surface area contributed by atoms with E-state index in [0.717, 1.165) is 49.6 Å². The fourth-order valence-corrected chi connectivity index (χ4v) is 2.64. The number of hydrogen-bond acceptors (Lipinski definition) is 3. The van der Waals surface area contributed by atoms with Crippen LogP contribution in [0.1, 0.15) is 25.8 Å². The van der Waals surface area contributed by atoms with E-state index in [1.54, 1.807) is 13.2 Å². The highest BCUT2D eigenvalue weighted by molar-refractivity contribution is 5.94. The van der Waals surface area contributed by atoms with Crippen LogP contribution < -0.4 is 4.74 Å². The summed E-state index contributed by atoms with van der Waals surface area (Å²) in [6, 6.07) is 7.77. The van der Waals surface area contributed by atoms with Gasteiger partial charge in [-0.1, -0.05) is 12.1 Å². The van der Waals surface area contributed by atoms with Crippen LogP contribution in [0.5, 0.6) is 5.75 Å². The molecule has 1 aromatic rings. The van der Waals surface area contributed by atoms with Gasteiger partial charge < -0.3 is 14.4 Å². The van der Waals surface area contributed by atoms with E-state index >= 15 is 0 Å². The van der Waals surface area contributed by atoms with Gasteiger partial charge in [0.1, 0.15) is 5.75 Å². The van der Waals surface area contributed by atoms with Crippen molar-refractivity contribution in [2.24, 2.45) is 5.92 Å². The largest absolute Gasteiger partial charge is 0.497 e. The molecule has 1 fully saturated rings. The molecule has 0 radical (unpaired) electrons. The maximum absolute atomic E-state index is 12.5. The Bertz CT molecular complexity index is 533. The van der Waals surface area contributed by atoms with E-state index in [0.29, 0.717) is 5.92 Å². The zero-order valence-electron chi connectivity index (χ0n) is 13.7. The van der Waals surface area contributed by atoms with E-state index < -0.39 is 0 Å². The molecule has 1 aromatic carbocycles. The standard InChI is InChI=1S/C18H25NO3/c1-4-19(12-15-8-9-22-13-15)18(20)10-14(2)16-6-5-7-17(11-16)21-3/h5-7,10-11,15H,4,8-9,12-13H2,1-3H3/b14-10-. The van der Waals surface area contributed by atoms with Gasteiger partial charge in [-0.3, -0.25) is 4.79 Å². The number of rotatable bonds is 6. The highest BCUT2D eigenvalue weighted by Crippen LogP contribution is 2.20. The van der Waals surface area contributed by atoms with Gasteiger partial charge in [-0.15, -0.1) is 0 Å². The Morgan fingerprint density at radius 2 is 2.32 bits per heavy atom. The smallest absolute Gasteiger partial charge is 0.246 e. The third kappa shape index (κ3) is 4.34. The molecule has 0 aliphatic carbocycles. The molecule has 120 valence electrons. The van der Waals surface area contributed by atoms with Gasteiger partial charge >= 0.3 is 0 Å². The minimum atomic E-state index is 0.0646. The third-order valence-corrected chi connectivity index (χ3v) is 4.06. The Morgan fingerprint density at radius 3 is 2.95 bits per heavy atom. The first-order valence-electron chi connectivity index (χ1n) is 7.83. The normalized spacial score (nSPS) is 18.3. The molecule has 1 unspecified atom stereocenters. The van der Waals surface area contributed by atoms with E-state index in [1.165, 1.54) is 0 Å². The van der Waals surface area contributed by atoms with Crippen molar-refractivity contribution in [2.75, 3.05) is 33.4 Å². The van der Waals surface area contributed by atoms with Gasteiger partial charge in [-0.05, 0) is 43.5 Å². The molecular formula is C18H25NO3. The SMILES string of the molecule is CCN(CC1CCOC1)C(=O)/C=C(/C)c1cccc(OC)c1.